The van der Waals surface area contributed by atoms with Gasteiger partial charge in [0.1, 0.15) is 6.54 Å². The molecule has 0 fully saturated rings. The molecule has 1 aliphatic heterocycles. The first-order valence-electron chi connectivity index (χ1n) is 11.1. The van der Waals surface area contributed by atoms with Gasteiger partial charge in [-0.1, -0.05) is 36.0 Å². The fourth-order valence-electron chi connectivity index (χ4n) is 3.57. The van der Waals surface area contributed by atoms with Crippen LogP contribution in [-0.4, -0.2) is 17.8 Å². The van der Waals surface area contributed by atoms with Crippen molar-refractivity contribution < 1.29 is 40.6 Å². The largest absolute Gasteiger partial charge is 1.00 e. The number of aromatic nitrogens is 1. The van der Waals surface area contributed by atoms with E-state index in [2.05, 4.69) is 22.3 Å². The number of pyridine rings is 1. The molecule has 8 heteroatoms. The van der Waals surface area contributed by atoms with Gasteiger partial charge in [0.2, 0.25) is 6.79 Å². The molecule has 34 heavy (non-hydrogen) atoms. The van der Waals surface area contributed by atoms with Gasteiger partial charge >= 0.3 is 0 Å². The van der Waals surface area contributed by atoms with Crippen LogP contribution in [0.2, 0.25) is 0 Å². The van der Waals surface area contributed by atoms with Crippen molar-refractivity contribution >= 4 is 22.8 Å². The molecule has 0 saturated carbocycles. The third kappa shape index (κ3) is 7.33. The van der Waals surface area contributed by atoms with Gasteiger partial charge in [0, 0.05) is 36.4 Å². The maximum atomic E-state index is 12.8. The van der Waals surface area contributed by atoms with Crippen molar-refractivity contribution in [3.8, 4) is 11.5 Å². The zero-order chi connectivity index (χ0) is 22.9. The first-order chi connectivity index (χ1) is 16.2. The topological polar surface area (TPSA) is 68.5 Å². The summed E-state index contributed by atoms with van der Waals surface area (Å²) in [5.74, 6) is 1.19. The van der Waals surface area contributed by atoms with Crippen LogP contribution < -0.4 is 36.3 Å². The molecule has 2 aromatic carbocycles. The molecular weight excluding hydrogens is 516 g/mol. The number of hydrogen-bond acceptors (Lipinski definition) is 5. The Morgan fingerprint density at radius 1 is 0.912 bits per heavy atom. The second-order valence-corrected chi connectivity index (χ2v) is 8.86. The summed E-state index contributed by atoms with van der Waals surface area (Å²) < 4.78 is 12.9. The number of nitrogens with zero attached hydrogens (tertiary/aromatic N) is 1. The number of thioether (sulfide) groups is 1. The zero-order valence-corrected chi connectivity index (χ0v) is 21.1. The van der Waals surface area contributed by atoms with Gasteiger partial charge in [0.25, 0.3) is 5.91 Å². The van der Waals surface area contributed by atoms with Crippen LogP contribution in [0.5, 0.6) is 11.5 Å². The molecule has 1 amide bonds. The molecule has 0 aliphatic carbocycles. The Labute approximate surface area is 214 Å². The highest BCUT2D eigenvalue weighted by Crippen LogP contribution is 2.32. The highest BCUT2D eigenvalue weighted by molar-refractivity contribution is 8.13. The standard InChI is InChI=1S/C26H26N2O4S.BrH/c29-25(11-3-1-6-14-28-15-7-2-8-16-28)33-24-10-5-4-9-21(24)26(30)27-18-20-12-13-22-23(17-20)32-19-31-22;/h2,4-5,7-10,12-13,15-17H,1,3,6,11,14,18-19H2;1H. The summed E-state index contributed by atoms with van der Waals surface area (Å²) in [4.78, 5) is 26.0. The molecule has 3 aromatic rings. The van der Waals surface area contributed by atoms with E-state index in [1.54, 1.807) is 6.07 Å². The highest BCUT2D eigenvalue weighted by atomic mass is 79.9. The van der Waals surface area contributed by atoms with E-state index in [1.165, 1.54) is 0 Å². The van der Waals surface area contributed by atoms with Crippen LogP contribution in [0.1, 0.15) is 41.6 Å². The number of unbranched alkanes of at least 4 members (excludes halogenated alkanes) is 2. The molecule has 0 unspecified atom stereocenters. The van der Waals surface area contributed by atoms with Crippen molar-refractivity contribution in [2.45, 2.75) is 43.7 Å². The van der Waals surface area contributed by atoms with Crippen molar-refractivity contribution in [1.29, 1.82) is 0 Å². The molecule has 1 aliphatic rings. The minimum Gasteiger partial charge on any atom is -1.00 e. The second kappa shape index (κ2) is 13.2. The lowest BCUT2D eigenvalue weighted by molar-refractivity contribution is -0.697. The number of amides is 1. The van der Waals surface area contributed by atoms with E-state index in [9.17, 15) is 9.59 Å². The predicted molar refractivity (Wildman–Crippen MR) is 126 cm³/mol. The third-order valence-corrected chi connectivity index (χ3v) is 6.33. The quantitative estimate of drug-likeness (QED) is 0.239. The number of nitrogens with one attached hydrogen (secondary N) is 1. The van der Waals surface area contributed by atoms with E-state index in [0.29, 0.717) is 34.9 Å². The first kappa shape index (κ1) is 25.8. The molecule has 0 atom stereocenters. The summed E-state index contributed by atoms with van der Waals surface area (Å²) in [6.07, 6.45) is 7.47. The molecular formula is C26H27BrN2O4S. The number of rotatable bonds is 10. The van der Waals surface area contributed by atoms with Crippen LogP contribution in [-0.2, 0) is 17.9 Å². The Bertz CT molecular complexity index is 1110. The van der Waals surface area contributed by atoms with Gasteiger partial charge in [0.05, 0.1) is 5.56 Å². The molecule has 0 saturated heterocycles. The van der Waals surface area contributed by atoms with Crippen molar-refractivity contribution in [2.24, 2.45) is 0 Å². The van der Waals surface area contributed by atoms with Gasteiger partial charge in [-0.15, -0.1) is 0 Å². The average molecular weight is 543 g/mol. The summed E-state index contributed by atoms with van der Waals surface area (Å²) in [5, 5.41) is 3.02. The molecule has 0 bridgehead atoms. The molecule has 1 N–H and O–H groups in total. The van der Waals surface area contributed by atoms with Crippen LogP contribution in [0.3, 0.4) is 0 Å². The lowest BCUT2D eigenvalue weighted by atomic mass is 10.1. The fourth-order valence-corrected chi connectivity index (χ4v) is 4.48. The molecule has 0 spiro atoms. The number of fused-ring (bicyclic) bond motifs is 1. The fraction of sp³-hybridized carbons (Fsp3) is 0.269. The molecule has 2 heterocycles. The minimum atomic E-state index is -0.205. The van der Waals surface area contributed by atoms with E-state index in [4.69, 9.17) is 9.47 Å². The maximum Gasteiger partial charge on any atom is 0.252 e. The molecule has 4 rings (SSSR count). The summed E-state index contributed by atoms with van der Waals surface area (Å²) in [5.41, 5.74) is 1.43. The van der Waals surface area contributed by atoms with Crippen LogP contribution in [0.25, 0.3) is 0 Å². The molecule has 6 nitrogen and oxygen atoms in total. The molecule has 178 valence electrons. The van der Waals surface area contributed by atoms with E-state index < -0.39 is 0 Å². The van der Waals surface area contributed by atoms with Gasteiger partial charge in [-0.05, 0) is 42.7 Å². The van der Waals surface area contributed by atoms with Crippen LogP contribution in [0.4, 0.5) is 0 Å². The van der Waals surface area contributed by atoms with Gasteiger partial charge in [-0.2, -0.15) is 0 Å². The van der Waals surface area contributed by atoms with Crippen LogP contribution in [0.15, 0.2) is 78.0 Å². The van der Waals surface area contributed by atoms with Gasteiger partial charge in [-0.3, -0.25) is 9.59 Å². The van der Waals surface area contributed by atoms with Crippen molar-refractivity contribution in [3.05, 3.63) is 84.2 Å². The average Bonchev–Trinajstić information content (AvgIpc) is 3.31. The number of ether oxygens (including phenoxy) is 2. The van der Waals surface area contributed by atoms with E-state index in [0.717, 1.165) is 43.1 Å². The molecule has 1 aromatic heterocycles. The van der Waals surface area contributed by atoms with Crippen LogP contribution >= 0.6 is 11.8 Å². The lowest BCUT2D eigenvalue weighted by Crippen LogP contribution is -3.00. The zero-order valence-electron chi connectivity index (χ0n) is 18.7. The lowest BCUT2D eigenvalue weighted by Gasteiger charge is -2.10. The van der Waals surface area contributed by atoms with Crippen LogP contribution in [0, 0.1) is 0 Å². The number of aryl methyl sites for hydroxylation is 1. The minimum absolute atomic E-state index is 0. The van der Waals surface area contributed by atoms with E-state index >= 15 is 0 Å². The van der Waals surface area contributed by atoms with E-state index in [1.807, 2.05) is 54.6 Å². The maximum absolute atomic E-state index is 12.8. The van der Waals surface area contributed by atoms with Gasteiger partial charge in [0.15, 0.2) is 29.0 Å². The predicted octanol–water partition coefficient (Wildman–Crippen LogP) is 1.52. The number of carbonyl (C=O) groups excluding carboxylic acids is 2. The normalized spacial score (nSPS) is 11.5. The monoisotopic (exact) mass is 542 g/mol. The second-order valence-electron chi connectivity index (χ2n) is 7.76. The van der Waals surface area contributed by atoms with Gasteiger partial charge in [-0.25, -0.2) is 4.57 Å². The highest BCUT2D eigenvalue weighted by Gasteiger charge is 2.16. The van der Waals surface area contributed by atoms with Crippen molar-refractivity contribution in [1.82, 2.24) is 5.32 Å². The van der Waals surface area contributed by atoms with Gasteiger partial charge < -0.3 is 31.8 Å². The van der Waals surface area contributed by atoms with Crippen molar-refractivity contribution in [2.75, 3.05) is 6.79 Å². The number of benzene rings is 2. The Balaban J connectivity index is 0.00000324. The number of carbonyl (C=O) groups is 2. The Kier molecular flexibility index (Phi) is 9.97. The summed E-state index contributed by atoms with van der Waals surface area (Å²) in [6.45, 7) is 1.53. The number of hydrogen-bond donors (Lipinski definition) is 1. The Morgan fingerprint density at radius 2 is 1.71 bits per heavy atom. The number of halogens is 1. The molecule has 0 radical (unpaired) electrons. The summed E-state index contributed by atoms with van der Waals surface area (Å²) in [6, 6.07) is 18.9. The summed E-state index contributed by atoms with van der Waals surface area (Å²) >= 11 is 1.15. The third-order valence-electron chi connectivity index (χ3n) is 5.32. The Morgan fingerprint density at radius 3 is 2.56 bits per heavy atom. The SMILES string of the molecule is O=C(CCCCC[n+]1ccccc1)Sc1ccccc1C(=O)NCc1ccc2c(c1)OCO2.[Br-]. The Hall–Kier alpha value is -2.84. The summed E-state index contributed by atoms with van der Waals surface area (Å²) in [7, 11) is 0. The first-order valence-corrected chi connectivity index (χ1v) is 11.9. The smallest absolute Gasteiger partial charge is 0.252 e. The van der Waals surface area contributed by atoms with E-state index in [-0.39, 0.29) is 34.8 Å². The van der Waals surface area contributed by atoms with Crippen molar-refractivity contribution in [3.63, 3.8) is 0 Å².